The lowest BCUT2D eigenvalue weighted by Crippen LogP contribution is -2.11. The highest BCUT2D eigenvalue weighted by atomic mass is 79.9. The van der Waals surface area contributed by atoms with Crippen molar-refractivity contribution in [2.24, 2.45) is 0 Å². The van der Waals surface area contributed by atoms with Crippen LogP contribution in [0, 0.1) is 0 Å². The van der Waals surface area contributed by atoms with E-state index in [0.29, 0.717) is 11.0 Å². The summed E-state index contributed by atoms with van der Waals surface area (Å²) in [6.45, 7) is 2.12. The molecule has 0 aromatic carbocycles. The van der Waals surface area contributed by atoms with Gasteiger partial charge in [-0.1, -0.05) is 19.8 Å². The molecular formula is C11H15BrN2O. The summed E-state index contributed by atoms with van der Waals surface area (Å²) in [5, 5.41) is 2.82. The summed E-state index contributed by atoms with van der Waals surface area (Å²) in [5.41, 5.74) is 0.735. The Morgan fingerprint density at radius 1 is 1.53 bits per heavy atom. The zero-order valence-electron chi connectivity index (χ0n) is 8.79. The monoisotopic (exact) mass is 270 g/mol. The molecular weight excluding hydrogens is 256 g/mol. The second-order valence-corrected chi connectivity index (χ2v) is 4.10. The fraction of sp³-hybridized carbons (Fsp3) is 0.455. The number of pyridine rings is 1. The highest BCUT2D eigenvalue weighted by molar-refractivity contribution is 9.10. The van der Waals surface area contributed by atoms with Crippen LogP contribution >= 0.6 is 15.9 Å². The maximum atomic E-state index is 11.5. The molecule has 1 aromatic heterocycles. The summed E-state index contributed by atoms with van der Waals surface area (Å²) in [6.07, 6.45) is 5.43. The third-order valence-corrected chi connectivity index (χ3v) is 2.67. The lowest BCUT2D eigenvalue weighted by molar-refractivity contribution is -0.116. The summed E-state index contributed by atoms with van der Waals surface area (Å²) in [6, 6.07) is 3.63. The minimum Gasteiger partial charge on any atom is -0.324 e. The third kappa shape index (κ3) is 4.42. The molecule has 1 N–H and O–H groups in total. The first-order valence-corrected chi connectivity index (χ1v) is 5.93. The van der Waals surface area contributed by atoms with E-state index in [1.54, 1.807) is 12.3 Å². The van der Waals surface area contributed by atoms with E-state index in [1.807, 2.05) is 6.07 Å². The number of halogens is 1. The number of hydrogen-bond acceptors (Lipinski definition) is 2. The summed E-state index contributed by atoms with van der Waals surface area (Å²) >= 11 is 3.28. The van der Waals surface area contributed by atoms with Crippen LogP contribution in [0.5, 0.6) is 0 Å². The molecule has 0 radical (unpaired) electrons. The van der Waals surface area contributed by atoms with Gasteiger partial charge in [0.05, 0.1) is 5.69 Å². The molecule has 0 aliphatic heterocycles. The van der Waals surface area contributed by atoms with Crippen LogP contribution in [0.1, 0.15) is 32.6 Å². The van der Waals surface area contributed by atoms with Gasteiger partial charge in [-0.2, -0.15) is 0 Å². The van der Waals surface area contributed by atoms with Crippen molar-refractivity contribution < 1.29 is 4.79 Å². The van der Waals surface area contributed by atoms with Gasteiger partial charge in [-0.25, -0.2) is 4.98 Å². The van der Waals surface area contributed by atoms with Crippen LogP contribution in [0.2, 0.25) is 0 Å². The van der Waals surface area contributed by atoms with Crippen molar-refractivity contribution in [3.63, 3.8) is 0 Å². The Morgan fingerprint density at radius 3 is 3.00 bits per heavy atom. The SMILES string of the molecule is CCCCCC(=O)Nc1cccnc1Br. The fourth-order valence-electron chi connectivity index (χ4n) is 1.23. The number of nitrogens with zero attached hydrogens (tertiary/aromatic N) is 1. The number of hydrogen-bond donors (Lipinski definition) is 1. The molecule has 82 valence electrons. The van der Waals surface area contributed by atoms with Gasteiger partial charge in [0.1, 0.15) is 4.60 Å². The molecule has 15 heavy (non-hydrogen) atoms. The molecule has 1 rings (SSSR count). The van der Waals surface area contributed by atoms with Gasteiger partial charge < -0.3 is 5.32 Å². The van der Waals surface area contributed by atoms with Crippen LogP contribution in [0.4, 0.5) is 5.69 Å². The summed E-state index contributed by atoms with van der Waals surface area (Å²) in [4.78, 5) is 15.5. The molecule has 0 unspecified atom stereocenters. The second-order valence-electron chi connectivity index (χ2n) is 3.35. The van der Waals surface area contributed by atoms with Gasteiger partial charge in [0.2, 0.25) is 5.91 Å². The average molecular weight is 271 g/mol. The van der Waals surface area contributed by atoms with Crippen molar-refractivity contribution in [2.45, 2.75) is 32.6 Å². The van der Waals surface area contributed by atoms with Crippen molar-refractivity contribution in [2.75, 3.05) is 5.32 Å². The van der Waals surface area contributed by atoms with Crippen LogP contribution in [0.15, 0.2) is 22.9 Å². The van der Waals surface area contributed by atoms with Gasteiger partial charge in [0, 0.05) is 12.6 Å². The molecule has 0 aliphatic carbocycles. The van der Waals surface area contributed by atoms with E-state index >= 15 is 0 Å². The lowest BCUT2D eigenvalue weighted by Gasteiger charge is -2.05. The quantitative estimate of drug-likeness (QED) is 0.659. The predicted molar refractivity (Wildman–Crippen MR) is 64.7 cm³/mol. The topological polar surface area (TPSA) is 42.0 Å². The number of unbranched alkanes of at least 4 members (excludes halogenated alkanes) is 2. The molecule has 1 aromatic rings. The van der Waals surface area contributed by atoms with Gasteiger partial charge in [-0.3, -0.25) is 4.79 Å². The minimum atomic E-state index is 0.0529. The maximum Gasteiger partial charge on any atom is 0.224 e. The molecule has 4 heteroatoms. The first-order valence-electron chi connectivity index (χ1n) is 5.14. The first-order chi connectivity index (χ1) is 7.24. The highest BCUT2D eigenvalue weighted by Gasteiger charge is 2.04. The molecule has 0 atom stereocenters. The summed E-state index contributed by atoms with van der Waals surface area (Å²) in [7, 11) is 0. The molecule has 1 heterocycles. The van der Waals surface area contributed by atoms with Gasteiger partial charge in [0.15, 0.2) is 0 Å². The van der Waals surface area contributed by atoms with Gasteiger partial charge >= 0.3 is 0 Å². The zero-order chi connectivity index (χ0) is 11.1. The van der Waals surface area contributed by atoms with Gasteiger partial charge in [-0.05, 0) is 34.5 Å². The van der Waals surface area contributed by atoms with Gasteiger partial charge in [-0.15, -0.1) is 0 Å². The molecule has 0 saturated carbocycles. The van der Waals surface area contributed by atoms with Crippen molar-refractivity contribution in [3.8, 4) is 0 Å². The number of nitrogens with one attached hydrogen (secondary N) is 1. The van der Waals surface area contributed by atoms with Crippen LogP contribution in [-0.2, 0) is 4.79 Å². The first kappa shape index (κ1) is 12.2. The second kappa shape index (κ2) is 6.56. The molecule has 1 amide bonds. The number of carbonyl (C=O) groups excluding carboxylic acids is 1. The lowest BCUT2D eigenvalue weighted by atomic mass is 10.2. The van der Waals surface area contributed by atoms with Crippen molar-refractivity contribution in [1.29, 1.82) is 0 Å². The minimum absolute atomic E-state index is 0.0529. The Kier molecular flexibility index (Phi) is 5.32. The smallest absolute Gasteiger partial charge is 0.224 e. The van der Waals surface area contributed by atoms with Crippen LogP contribution in [0.25, 0.3) is 0 Å². The molecule has 0 saturated heterocycles. The molecule has 0 bridgehead atoms. The number of rotatable bonds is 5. The van der Waals surface area contributed by atoms with E-state index < -0.39 is 0 Å². The standard InChI is InChI=1S/C11H15BrN2O/c1-2-3-4-7-10(15)14-9-6-5-8-13-11(9)12/h5-6,8H,2-4,7H2,1H3,(H,14,15). The summed E-state index contributed by atoms with van der Waals surface area (Å²) in [5.74, 6) is 0.0529. The predicted octanol–water partition coefficient (Wildman–Crippen LogP) is 3.36. The average Bonchev–Trinajstić information content (AvgIpc) is 2.22. The molecule has 3 nitrogen and oxygen atoms in total. The normalized spacial score (nSPS) is 10.0. The van der Waals surface area contributed by atoms with E-state index in [4.69, 9.17) is 0 Å². The van der Waals surface area contributed by atoms with Crippen LogP contribution in [0.3, 0.4) is 0 Å². The Hall–Kier alpha value is -0.900. The van der Waals surface area contributed by atoms with Crippen molar-refractivity contribution in [3.05, 3.63) is 22.9 Å². The van der Waals surface area contributed by atoms with Crippen molar-refractivity contribution in [1.82, 2.24) is 4.98 Å². The van der Waals surface area contributed by atoms with E-state index in [9.17, 15) is 4.79 Å². The fourth-order valence-corrected chi connectivity index (χ4v) is 1.58. The molecule has 0 fully saturated rings. The van der Waals surface area contributed by atoms with E-state index in [0.717, 1.165) is 24.9 Å². The van der Waals surface area contributed by atoms with Gasteiger partial charge in [0.25, 0.3) is 0 Å². The van der Waals surface area contributed by atoms with E-state index in [1.165, 1.54) is 0 Å². The number of anilines is 1. The van der Waals surface area contributed by atoms with Crippen LogP contribution in [-0.4, -0.2) is 10.9 Å². The largest absolute Gasteiger partial charge is 0.324 e. The Balaban J connectivity index is 2.41. The Bertz CT molecular complexity index is 328. The maximum absolute atomic E-state index is 11.5. The molecule has 0 spiro atoms. The number of aromatic nitrogens is 1. The van der Waals surface area contributed by atoms with E-state index in [2.05, 4.69) is 33.2 Å². The highest BCUT2D eigenvalue weighted by Crippen LogP contribution is 2.18. The third-order valence-electron chi connectivity index (χ3n) is 2.04. The zero-order valence-corrected chi connectivity index (χ0v) is 10.4. The number of amides is 1. The van der Waals surface area contributed by atoms with Crippen LogP contribution < -0.4 is 5.32 Å². The Labute approximate surface area is 98.4 Å². The Morgan fingerprint density at radius 2 is 2.33 bits per heavy atom. The number of carbonyl (C=O) groups is 1. The van der Waals surface area contributed by atoms with E-state index in [-0.39, 0.29) is 5.91 Å². The van der Waals surface area contributed by atoms with Crippen molar-refractivity contribution >= 4 is 27.5 Å². The summed E-state index contributed by atoms with van der Waals surface area (Å²) < 4.78 is 0.675. The molecule has 0 aliphatic rings.